The van der Waals surface area contributed by atoms with Crippen LogP contribution in [-0.2, 0) is 13.2 Å². The summed E-state index contributed by atoms with van der Waals surface area (Å²) in [6, 6.07) is 18.3. The molecule has 0 spiro atoms. The summed E-state index contributed by atoms with van der Waals surface area (Å²) in [5, 5.41) is 16.5. The summed E-state index contributed by atoms with van der Waals surface area (Å²) in [5.74, 6) is 1.20. The van der Waals surface area contributed by atoms with E-state index in [1.807, 2.05) is 36.4 Å². The van der Waals surface area contributed by atoms with E-state index in [-0.39, 0.29) is 24.4 Å². The molecule has 3 rings (SSSR count). The first-order valence-electron chi connectivity index (χ1n) is 8.17. The average molecular weight is 349 g/mol. The Bertz CT molecular complexity index is 609. The minimum atomic E-state index is -0.243. The van der Waals surface area contributed by atoms with Crippen LogP contribution in [-0.4, -0.2) is 30.8 Å². The van der Waals surface area contributed by atoms with Crippen molar-refractivity contribution in [3.63, 3.8) is 0 Å². The molecule has 0 radical (unpaired) electrons. The van der Waals surface area contributed by atoms with Crippen LogP contribution in [0.25, 0.3) is 0 Å². The number of β-amino-alcohol motifs (C(OH)–C–C–N with tert-alkyl or cyclic N) is 1. The van der Waals surface area contributed by atoms with Gasteiger partial charge in [0.25, 0.3) is 0 Å². The molecule has 0 saturated carbocycles. The van der Waals surface area contributed by atoms with Gasteiger partial charge in [0.15, 0.2) is 0 Å². The van der Waals surface area contributed by atoms with Gasteiger partial charge in [0.05, 0.1) is 6.10 Å². The maximum absolute atomic E-state index is 9.82. The molecular formula is C19H25ClN2O2. The van der Waals surface area contributed by atoms with Crippen molar-refractivity contribution in [2.24, 2.45) is 5.92 Å². The topological polar surface area (TPSA) is 53.5 Å². The highest BCUT2D eigenvalue weighted by molar-refractivity contribution is 5.85. The highest BCUT2D eigenvalue weighted by Crippen LogP contribution is 2.19. The lowest BCUT2D eigenvalue weighted by Gasteiger charge is -2.16. The summed E-state index contributed by atoms with van der Waals surface area (Å²) >= 11 is 0. The molecule has 3 N–H and O–H groups in total. The van der Waals surface area contributed by atoms with Crippen molar-refractivity contribution in [1.29, 1.82) is 0 Å². The second kappa shape index (κ2) is 9.64. The first-order valence-corrected chi connectivity index (χ1v) is 8.17. The number of para-hydroxylation sites is 1. The van der Waals surface area contributed by atoms with Crippen molar-refractivity contribution in [3.8, 4) is 5.75 Å². The highest BCUT2D eigenvalue weighted by atomic mass is 35.5. The van der Waals surface area contributed by atoms with Crippen molar-refractivity contribution in [2.45, 2.75) is 19.3 Å². The van der Waals surface area contributed by atoms with E-state index >= 15 is 0 Å². The molecule has 0 aliphatic carbocycles. The van der Waals surface area contributed by atoms with Crippen molar-refractivity contribution in [3.05, 3.63) is 65.7 Å². The molecule has 1 heterocycles. The van der Waals surface area contributed by atoms with E-state index in [2.05, 4.69) is 28.8 Å². The van der Waals surface area contributed by atoms with Gasteiger partial charge in [-0.2, -0.15) is 0 Å². The normalized spacial score (nSPS) is 19.7. The zero-order valence-electron chi connectivity index (χ0n) is 13.7. The molecule has 4 nitrogen and oxygen atoms in total. The predicted octanol–water partition coefficient (Wildman–Crippen LogP) is 2.36. The van der Waals surface area contributed by atoms with E-state index in [0.717, 1.165) is 36.5 Å². The van der Waals surface area contributed by atoms with Gasteiger partial charge in [-0.25, -0.2) is 0 Å². The van der Waals surface area contributed by atoms with Gasteiger partial charge in [-0.3, -0.25) is 0 Å². The van der Waals surface area contributed by atoms with Crippen LogP contribution in [0, 0.1) is 5.92 Å². The van der Waals surface area contributed by atoms with Crippen LogP contribution in [0.15, 0.2) is 54.6 Å². The quantitative estimate of drug-likeness (QED) is 0.719. The fraction of sp³-hybridized carbons (Fsp3) is 0.368. The average Bonchev–Trinajstić information content (AvgIpc) is 3.00. The summed E-state index contributed by atoms with van der Waals surface area (Å²) in [4.78, 5) is 0. The number of ether oxygens (including phenoxy) is 1. The number of hydrogen-bond donors (Lipinski definition) is 3. The van der Waals surface area contributed by atoms with E-state index in [1.165, 1.54) is 0 Å². The molecule has 2 unspecified atom stereocenters. The van der Waals surface area contributed by atoms with Gasteiger partial charge in [-0.05, 0) is 11.6 Å². The van der Waals surface area contributed by atoms with Crippen molar-refractivity contribution >= 4 is 12.4 Å². The predicted molar refractivity (Wildman–Crippen MR) is 98.5 cm³/mol. The van der Waals surface area contributed by atoms with Crippen LogP contribution in [0.2, 0.25) is 0 Å². The number of halogens is 1. The Kier molecular flexibility index (Phi) is 7.53. The monoisotopic (exact) mass is 348 g/mol. The molecular weight excluding hydrogens is 324 g/mol. The lowest BCUT2D eigenvalue weighted by molar-refractivity contribution is 0.146. The SMILES string of the molecule is Cl.OC1CNCC1CNCc1ccccc1OCc1ccccc1. The largest absolute Gasteiger partial charge is 0.489 e. The highest BCUT2D eigenvalue weighted by Gasteiger charge is 2.24. The molecule has 2 aromatic rings. The van der Waals surface area contributed by atoms with Crippen LogP contribution in [0.3, 0.4) is 0 Å². The van der Waals surface area contributed by atoms with E-state index < -0.39 is 0 Å². The van der Waals surface area contributed by atoms with Gasteiger partial charge >= 0.3 is 0 Å². The number of rotatable bonds is 7. The lowest BCUT2D eigenvalue weighted by Crippen LogP contribution is -2.30. The zero-order valence-corrected chi connectivity index (χ0v) is 14.5. The molecule has 5 heteroatoms. The van der Waals surface area contributed by atoms with Crippen LogP contribution in [0.5, 0.6) is 5.75 Å². The standard InChI is InChI=1S/C19H24N2O2.ClH/c22-18-13-21-12-17(18)11-20-10-16-8-4-5-9-19(16)23-14-15-6-2-1-3-7-15;/h1-9,17-18,20-22H,10-14H2;1H. The Morgan fingerprint density at radius 1 is 1.04 bits per heavy atom. The van der Waals surface area contributed by atoms with Crippen LogP contribution in [0.1, 0.15) is 11.1 Å². The van der Waals surface area contributed by atoms with Gasteiger partial charge < -0.3 is 20.5 Å². The second-order valence-electron chi connectivity index (χ2n) is 6.00. The van der Waals surface area contributed by atoms with Gasteiger partial charge in [0.1, 0.15) is 12.4 Å². The third-order valence-electron chi connectivity index (χ3n) is 4.24. The first kappa shape index (κ1) is 18.7. The Morgan fingerprint density at radius 3 is 2.54 bits per heavy atom. The molecule has 1 saturated heterocycles. The molecule has 0 aromatic heterocycles. The van der Waals surface area contributed by atoms with E-state index in [0.29, 0.717) is 13.2 Å². The second-order valence-corrected chi connectivity index (χ2v) is 6.00. The molecule has 1 fully saturated rings. The first-order chi connectivity index (χ1) is 11.3. The van der Waals surface area contributed by atoms with Gasteiger partial charge in [0.2, 0.25) is 0 Å². The number of benzene rings is 2. The maximum atomic E-state index is 9.82. The lowest BCUT2D eigenvalue weighted by atomic mass is 10.1. The maximum Gasteiger partial charge on any atom is 0.124 e. The number of hydrogen-bond acceptors (Lipinski definition) is 4. The summed E-state index contributed by atoms with van der Waals surface area (Å²) in [6.45, 7) is 3.70. The van der Waals surface area contributed by atoms with Crippen molar-refractivity contribution in [2.75, 3.05) is 19.6 Å². The third kappa shape index (κ3) is 5.21. The van der Waals surface area contributed by atoms with Crippen LogP contribution >= 0.6 is 12.4 Å². The number of aliphatic hydroxyl groups excluding tert-OH is 1. The van der Waals surface area contributed by atoms with Crippen LogP contribution < -0.4 is 15.4 Å². The molecule has 1 aliphatic rings. The molecule has 130 valence electrons. The molecule has 2 atom stereocenters. The van der Waals surface area contributed by atoms with E-state index in [1.54, 1.807) is 0 Å². The number of nitrogens with one attached hydrogen (secondary N) is 2. The summed E-state index contributed by atoms with van der Waals surface area (Å²) in [6.07, 6.45) is -0.243. The molecule has 2 aromatic carbocycles. The fourth-order valence-electron chi connectivity index (χ4n) is 2.85. The van der Waals surface area contributed by atoms with Crippen molar-refractivity contribution in [1.82, 2.24) is 10.6 Å². The van der Waals surface area contributed by atoms with E-state index in [4.69, 9.17) is 4.74 Å². The summed E-state index contributed by atoms with van der Waals surface area (Å²) in [7, 11) is 0. The van der Waals surface area contributed by atoms with E-state index in [9.17, 15) is 5.11 Å². The Morgan fingerprint density at radius 2 is 1.79 bits per heavy atom. The minimum absolute atomic E-state index is 0. The summed E-state index contributed by atoms with van der Waals surface area (Å²) < 4.78 is 5.97. The molecule has 24 heavy (non-hydrogen) atoms. The third-order valence-corrected chi connectivity index (χ3v) is 4.24. The smallest absolute Gasteiger partial charge is 0.124 e. The zero-order chi connectivity index (χ0) is 15.9. The van der Waals surface area contributed by atoms with Crippen molar-refractivity contribution < 1.29 is 9.84 Å². The minimum Gasteiger partial charge on any atom is -0.489 e. The molecule has 0 amide bonds. The van der Waals surface area contributed by atoms with Gasteiger partial charge in [-0.1, -0.05) is 48.5 Å². The van der Waals surface area contributed by atoms with Crippen LogP contribution in [0.4, 0.5) is 0 Å². The Balaban J connectivity index is 0.00000208. The van der Waals surface area contributed by atoms with Gasteiger partial charge in [0, 0.05) is 37.7 Å². The van der Waals surface area contributed by atoms with Gasteiger partial charge in [-0.15, -0.1) is 12.4 Å². The number of aliphatic hydroxyl groups is 1. The molecule has 1 aliphatic heterocycles. The molecule has 0 bridgehead atoms. The summed E-state index contributed by atoms with van der Waals surface area (Å²) in [5.41, 5.74) is 2.30. The Hall–Kier alpha value is -1.59. The Labute approximate surface area is 149 Å². The fourth-order valence-corrected chi connectivity index (χ4v) is 2.85.